The van der Waals surface area contributed by atoms with Crippen molar-refractivity contribution in [2.24, 2.45) is 0 Å². The summed E-state index contributed by atoms with van der Waals surface area (Å²) in [6.45, 7) is 13.8. The molecule has 0 bridgehead atoms. The zero-order valence-corrected chi connectivity index (χ0v) is 11.8. The summed E-state index contributed by atoms with van der Waals surface area (Å²) in [5, 5.41) is 3.16. The second-order valence-electron chi connectivity index (χ2n) is 5.77. The molecule has 2 heteroatoms. The molecule has 0 unspecified atom stereocenters. The molecule has 0 saturated heterocycles. The molecule has 0 fully saturated rings. The van der Waals surface area contributed by atoms with Gasteiger partial charge in [0.2, 0.25) is 0 Å². The molecular weight excluding hydrogens is 206 g/mol. The standard InChI is InChI=1S/C12H20P2/c1-11(2,3)9-7-8-13-10(14-9)12(4,5)6/h7-8H,1-6H3. The number of rotatable bonds is 0. The van der Waals surface area contributed by atoms with Gasteiger partial charge in [0.25, 0.3) is 0 Å². The SMILES string of the molecule is CC(C)(C)c1ccpc(C(C)(C)C)p1. The Balaban J connectivity index is 3.15. The van der Waals surface area contributed by atoms with E-state index >= 15 is 0 Å². The molecule has 0 nitrogen and oxygen atoms in total. The van der Waals surface area contributed by atoms with Crippen LogP contribution in [0.5, 0.6) is 0 Å². The van der Waals surface area contributed by atoms with E-state index in [1.165, 1.54) is 16.4 Å². The van der Waals surface area contributed by atoms with Gasteiger partial charge in [0.05, 0.1) is 0 Å². The molecule has 0 amide bonds. The van der Waals surface area contributed by atoms with E-state index in [2.05, 4.69) is 53.4 Å². The van der Waals surface area contributed by atoms with Gasteiger partial charge in [-0.05, 0) is 28.0 Å². The van der Waals surface area contributed by atoms with Crippen molar-refractivity contribution in [1.29, 1.82) is 0 Å². The maximum Gasteiger partial charge on any atom is 0.0123 e. The van der Waals surface area contributed by atoms with Gasteiger partial charge in [-0.25, -0.2) is 0 Å². The maximum absolute atomic E-state index is 2.31. The third-order valence-electron chi connectivity index (χ3n) is 2.09. The highest BCUT2D eigenvalue weighted by molar-refractivity contribution is 7.47. The average Bonchev–Trinajstić information content (AvgIpc) is 2.01. The Labute approximate surface area is 91.3 Å². The van der Waals surface area contributed by atoms with Crippen molar-refractivity contribution in [2.45, 2.75) is 52.4 Å². The molecule has 0 radical (unpaired) electrons. The first-order valence-corrected chi connectivity index (χ1v) is 6.91. The van der Waals surface area contributed by atoms with Gasteiger partial charge in [-0.1, -0.05) is 57.9 Å². The van der Waals surface area contributed by atoms with Gasteiger partial charge < -0.3 is 0 Å². The van der Waals surface area contributed by atoms with Gasteiger partial charge in [-0.15, -0.1) is 0 Å². The third kappa shape index (κ3) is 3.04. The molecule has 1 rings (SSSR count). The molecule has 1 aromatic heterocycles. The second-order valence-corrected chi connectivity index (χ2v) is 8.27. The molecule has 14 heavy (non-hydrogen) atoms. The Morgan fingerprint density at radius 3 is 1.93 bits per heavy atom. The lowest BCUT2D eigenvalue weighted by Gasteiger charge is -2.23. The highest BCUT2D eigenvalue weighted by Crippen LogP contribution is 2.41. The van der Waals surface area contributed by atoms with Crippen molar-refractivity contribution >= 4 is 16.4 Å². The van der Waals surface area contributed by atoms with Crippen LogP contribution in [0.4, 0.5) is 0 Å². The van der Waals surface area contributed by atoms with Crippen LogP contribution in [0.2, 0.25) is 0 Å². The minimum absolute atomic E-state index is 0.310. The second kappa shape index (κ2) is 3.92. The van der Waals surface area contributed by atoms with Crippen molar-refractivity contribution in [3.63, 3.8) is 0 Å². The van der Waals surface area contributed by atoms with E-state index in [0.29, 0.717) is 10.8 Å². The first kappa shape index (κ1) is 12.2. The van der Waals surface area contributed by atoms with Crippen LogP contribution < -0.4 is 0 Å². The summed E-state index contributed by atoms with van der Waals surface area (Å²) in [6, 6.07) is 2.30. The van der Waals surface area contributed by atoms with Crippen LogP contribution in [0, 0.1) is 0 Å². The topological polar surface area (TPSA) is 0 Å². The van der Waals surface area contributed by atoms with E-state index in [1.54, 1.807) is 10.3 Å². The Bertz CT molecular complexity index is 287. The highest BCUT2D eigenvalue weighted by atomic mass is 31.1. The molecule has 0 spiro atoms. The summed E-state index contributed by atoms with van der Waals surface area (Å²) in [6.07, 6.45) is 0. The van der Waals surface area contributed by atoms with E-state index in [4.69, 9.17) is 0 Å². The lowest BCUT2D eigenvalue weighted by Crippen LogP contribution is -2.11. The van der Waals surface area contributed by atoms with E-state index < -0.39 is 0 Å². The van der Waals surface area contributed by atoms with Crippen LogP contribution in [0.3, 0.4) is 0 Å². The van der Waals surface area contributed by atoms with Crippen molar-refractivity contribution < 1.29 is 0 Å². The predicted molar refractivity (Wildman–Crippen MR) is 68.9 cm³/mol. The van der Waals surface area contributed by atoms with E-state index in [9.17, 15) is 0 Å². The van der Waals surface area contributed by atoms with Gasteiger partial charge in [0, 0.05) is 5.03 Å². The molecule has 0 aliphatic carbocycles. The molecule has 0 saturated carbocycles. The van der Waals surface area contributed by atoms with E-state index in [1.807, 2.05) is 0 Å². The molecule has 0 N–H and O–H groups in total. The number of hydrogen-bond acceptors (Lipinski definition) is 0. The van der Waals surface area contributed by atoms with E-state index in [-0.39, 0.29) is 0 Å². The van der Waals surface area contributed by atoms with Crippen molar-refractivity contribution in [3.8, 4) is 0 Å². The minimum Gasteiger partial charge on any atom is -0.0673 e. The van der Waals surface area contributed by atoms with Crippen LogP contribution in [-0.4, -0.2) is 0 Å². The Hall–Kier alpha value is 0.0800. The summed E-state index contributed by atoms with van der Waals surface area (Å²) >= 11 is 0. The first-order chi connectivity index (χ1) is 6.21. The third-order valence-corrected chi connectivity index (χ3v) is 5.90. The van der Waals surface area contributed by atoms with Crippen LogP contribution >= 0.6 is 16.4 Å². The van der Waals surface area contributed by atoms with Crippen LogP contribution in [-0.2, 0) is 10.8 Å². The lowest BCUT2D eigenvalue weighted by atomic mass is 9.95. The molecule has 78 valence electrons. The zero-order valence-electron chi connectivity index (χ0n) is 10.0. The molecule has 0 aromatic carbocycles. The predicted octanol–water partition coefficient (Wildman–Crippen LogP) is 5.44. The normalized spacial score (nSPS) is 14.1. The largest absolute Gasteiger partial charge is 0.0673 e. The smallest absolute Gasteiger partial charge is 0.0123 e. The summed E-state index contributed by atoms with van der Waals surface area (Å²) in [5.41, 5.74) is 0.648. The lowest BCUT2D eigenvalue weighted by molar-refractivity contribution is 0.599. The van der Waals surface area contributed by atoms with Gasteiger partial charge in [0.1, 0.15) is 0 Å². The van der Waals surface area contributed by atoms with E-state index in [0.717, 1.165) is 0 Å². The molecule has 1 heterocycles. The summed E-state index contributed by atoms with van der Waals surface area (Å²) in [5.74, 6) is 2.29. The van der Waals surface area contributed by atoms with Gasteiger partial charge in [0.15, 0.2) is 0 Å². The highest BCUT2D eigenvalue weighted by Gasteiger charge is 2.19. The van der Waals surface area contributed by atoms with Crippen LogP contribution in [0.25, 0.3) is 0 Å². The molecule has 0 aliphatic rings. The summed E-state index contributed by atoms with van der Waals surface area (Å²) in [7, 11) is 2.85. The van der Waals surface area contributed by atoms with Crippen molar-refractivity contribution in [2.75, 3.05) is 0 Å². The van der Waals surface area contributed by atoms with Crippen LogP contribution in [0.1, 0.15) is 51.9 Å². The van der Waals surface area contributed by atoms with Gasteiger partial charge >= 0.3 is 0 Å². The summed E-state index contributed by atoms with van der Waals surface area (Å²) < 4.78 is 0. The van der Waals surface area contributed by atoms with Crippen LogP contribution in [0.15, 0.2) is 11.9 Å². The maximum atomic E-state index is 2.31. The fourth-order valence-corrected chi connectivity index (χ4v) is 3.81. The quantitative estimate of drug-likeness (QED) is 0.552. The minimum atomic E-state index is 0.310. The Morgan fingerprint density at radius 2 is 1.50 bits per heavy atom. The Kier molecular flexibility index (Phi) is 3.40. The monoisotopic (exact) mass is 226 g/mol. The molecule has 0 atom stereocenters. The van der Waals surface area contributed by atoms with Crippen molar-refractivity contribution in [3.05, 3.63) is 22.2 Å². The number of hydrogen-bond donors (Lipinski definition) is 0. The first-order valence-electron chi connectivity index (χ1n) is 5.05. The fourth-order valence-electron chi connectivity index (χ4n) is 1.14. The fraction of sp³-hybridized carbons (Fsp3) is 0.667. The molecule has 1 aromatic rings. The van der Waals surface area contributed by atoms with Gasteiger partial charge in [-0.2, -0.15) is 0 Å². The van der Waals surface area contributed by atoms with Crippen molar-refractivity contribution in [1.82, 2.24) is 0 Å². The Morgan fingerprint density at radius 1 is 0.929 bits per heavy atom. The average molecular weight is 226 g/mol. The van der Waals surface area contributed by atoms with Gasteiger partial charge in [-0.3, -0.25) is 0 Å². The zero-order chi connectivity index (χ0) is 11.0. The molecule has 0 aliphatic heterocycles. The molecular formula is C12H20P2. The summed E-state index contributed by atoms with van der Waals surface area (Å²) in [4.78, 5) is 0.